The van der Waals surface area contributed by atoms with Gasteiger partial charge < -0.3 is 5.32 Å². The Morgan fingerprint density at radius 2 is 1.81 bits per heavy atom. The van der Waals surface area contributed by atoms with Crippen LogP contribution in [0.5, 0.6) is 0 Å². The van der Waals surface area contributed by atoms with Crippen LogP contribution in [-0.4, -0.2) is 48.5 Å². The van der Waals surface area contributed by atoms with Crippen LogP contribution >= 0.6 is 0 Å². The highest BCUT2D eigenvalue weighted by Crippen LogP contribution is 2.35. The van der Waals surface area contributed by atoms with Crippen molar-refractivity contribution in [2.75, 3.05) is 11.1 Å². The summed E-state index contributed by atoms with van der Waals surface area (Å²) in [6.45, 7) is 3.28. The fraction of sp³-hybridized carbons (Fsp3) is 0.409. The number of carbonyl (C=O) groups is 1. The number of benzene rings is 1. The van der Waals surface area contributed by atoms with Crippen LogP contribution in [0.1, 0.15) is 48.2 Å². The Morgan fingerprint density at radius 1 is 1.12 bits per heavy atom. The number of hydrogen-bond donors (Lipinski definition) is 1. The largest absolute Gasteiger partial charge is 0.416 e. The molecule has 2 aliphatic heterocycles. The van der Waals surface area contributed by atoms with E-state index >= 15 is 0 Å². The van der Waals surface area contributed by atoms with Crippen LogP contribution < -0.4 is 5.32 Å². The molecule has 10 heteroatoms. The number of hydrogen-bond acceptors (Lipinski definition) is 6. The lowest BCUT2D eigenvalue weighted by atomic mass is 9.91. The number of pyridine rings is 1. The minimum atomic E-state index is -4.45. The van der Waals surface area contributed by atoms with Crippen molar-refractivity contribution in [3.8, 4) is 11.1 Å². The van der Waals surface area contributed by atoms with Gasteiger partial charge in [0.15, 0.2) is 15.6 Å². The summed E-state index contributed by atoms with van der Waals surface area (Å²) in [6, 6.07) is 3.59. The molecule has 1 aromatic heterocycles. The summed E-state index contributed by atoms with van der Waals surface area (Å²) < 4.78 is 63.4. The zero-order valence-electron chi connectivity index (χ0n) is 17.5. The number of nitrogens with zero attached hydrogens (tertiary/aromatic N) is 2. The van der Waals surface area contributed by atoms with E-state index in [9.17, 15) is 26.4 Å². The van der Waals surface area contributed by atoms with Gasteiger partial charge in [0.1, 0.15) is 11.9 Å². The molecule has 2 aliphatic rings. The molecule has 32 heavy (non-hydrogen) atoms. The number of carbonyl (C=O) groups excluding carboxylic acids is 1. The minimum absolute atomic E-state index is 0.132. The Balaban J connectivity index is 1.77. The van der Waals surface area contributed by atoms with Gasteiger partial charge in [-0.2, -0.15) is 13.2 Å². The number of aliphatic imine (C=N–C) groups is 1. The Hall–Kier alpha value is -2.75. The fourth-order valence-electron chi connectivity index (χ4n) is 4.09. The molecule has 0 amide bonds. The second-order valence-corrected chi connectivity index (χ2v) is 10.6. The lowest BCUT2D eigenvalue weighted by molar-refractivity contribution is -0.137. The number of anilines is 1. The highest BCUT2D eigenvalue weighted by molar-refractivity contribution is 7.92. The van der Waals surface area contributed by atoms with Crippen LogP contribution in [0.15, 0.2) is 35.5 Å². The van der Waals surface area contributed by atoms with Gasteiger partial charge in [0.2, 0.25) is 0 Å². The third-order valence-electron chi connectivity index (χ3n) is 6.09. The third-order valence-corrected chi connectivity index (χ3v) is 8.41. The van der Waals surface area contributed by atoms with Crippen LogP contribution in [0.2, 0.25) is 0 Å². The predicted molar refractivity (Wildman–Crippen MR) is 116 cm³/mol. The maximum atomic E-state index is 13.0. The SMILES string of the molecule is CC1N=Cc2c(-c3ccc(C(F)(F)F)cc3)cnc(NC3CCCS(=O)(=O)C3C)c2C1=O. The molecule has 1 saturated heterocycles. The molecule has 0 spiro atoms. The predicted octanol–water partition coefficient (Wildman–Crippen LogP) is 4.15. The van der Waals surface area contributed by atoms with Gasteiger partial charge in [0.05, 0.1) is 22.1 Å². The lowest BCUT2D eigenvalue weighted by Crippen LogP contribution is -2.43. The first-order valence-electron chi connectivity index (χ1n) is 10.2. The molecule has 0 aliphatic carbocycles. The molecule has 1 N–H and O–H groups in total. The van der Waals surface area contributed by atoms with Gasteiger partial charge in [0.25, 0.3) is 0 Å². The number of fused-ring (bicyclic) bond motifs is 1. The lowest BCUT2D eigenvalue weighted by Gasteiger charge is -2.31. The van der Waals surface area contributed by atoms with Gasteiger partial charge in [-0.1, -0.05) is 12.1 Å². The summed E-state index contributed by atoms with van der Waals surface area (Å²) in [4.78, 5) is 21.6. The molecular weight excluding hydrogens is 443 g/mol. The molecule has 170 valence electrons. The van der Waals surface area contributed by atoms with E-state index in [2.05, 4.69) is 15.3 Å². The van der Waals surface area contributed by atoms with E-state index in [1.54, 1.807) is 13.8 Å². The number of Topliss-reactive ketones (excluding diaryl/α,β-unsaturated/α-hetero) is 1. The van der Waals surface area contributed by atoms with Crippen LogP contribution in [0.3, 0.4) is 0 Å². The first kappa shape index (κ1) is 22.4. The molecule has 6 nitrogen and oxygen atoms in total. The summed E-state index contributed by atoms with van der Waals surface area (Å²) in [5.74, 6) is 0.123. The van der Waals surface area contributed by atoms with Crippen molar-refractivity contribution in [2.24, 2.45) is 4.99 Å². The molecule has 3 atom stereocenters. The Morgan fingerprint density at radius 3 is 2.47 bits per heavy atom. The topological polar surface area (TPSA) is 88.5 Å². The first-order valence-corrected chi connectivity index (χ1v) is 12.0. The number of halogens is 3. The summed E-state index contributed by atoms with van der Waals surface area (Å²) in [7, 11) is -3.24. The molecule has 0 radical (unpaired) electrons. The first-order chi connectivity index (χ1) is 15.0. The summed E-state index contributed by atoms with van der Waals surface area (Å²) in [5, 5.41) is 2.52. The fourth-order valence-corrected chi connectivity index (χ4v) is 5.74. The summed E-state index contributed by atoms with van der Waals surface area (Å²) in [5.41, 5.74) is 0.910. The number of nitrogens with one attached hydrogen (secondary N) is 1. The Labute approximate surface area is 183 Å². The van der Waals surface area contributed by atoms with Gasteiger partial charge >= 0.3 is 6.18 Å². The number of alkyl halides is 3. The van der Waals surface area contributed by atoms with Gasteiger partial charge in [-0.3, -0.25) is 9.79 Å². The highest BCUT2D eigenvalue weighted by Gasteiger charge is 2.36. The van der Waals surface area contributed by atoms with Crippen LogP contribution in [0, 0.1) is 0 Å². The van der Waals surface area contributed by atoms with Crippen molar-refractivity contribution < 1.29 is 26.4 Å². The van der Waals surface area contributed by atoms with Gasteiger partial charge in [-0.25, -0.2) is 13.4 Å². The van der Waals surface area contributed by atoms with Gasteiger partial charge in [-0.05, 0) is 44.4 Å². The minimum Gasteiger partial charge on any atom is -0.365 e. The van der Waals surface area contributed by atoms with Crippen molar-refractivity contribution in [3.63, 3.8) is 0 Å². The maximum Gasteiger partial charge on any atom is 0.416 e. The molecule has 0 saturated carbocycles. The maximum absolute atomic E-state index is 13.0. The summed E-state index contributed by atoms with van der Waals surface area (Å²) in [6.07, 6.45) is -0.311. The van der Waals surface area contributed by atoms with E-state index in [0.717, 1.165) is 12.1 Å². The molecule has 2 aromatic rings. The van der Waals surface area contributed by atoms with E-state index in [-0.39, 0.29) is 22.9 Å². The highest BCUT2D eigenvalue weighted by atomic mass is 32.2. The normalized spacial score (nSPS) is 24.8. The molecule has 0 bridgehead atoms. The van der Waals surface area contributed by atoms with Crippen molar-refractivity contribution >= 4 is 27.7 Å². The van der Waals surface area contributed by atoms with E-state index < -0.39 is 38.9 Å². The zero-order chi connectivity index (χ0) is 23.3. The molecule has 1 fully saturated rings. The number of ketones is 1. The van der Waals surface area contributed by atoms with Crippen molar-refractivity contribution in [2.45, 2.75) is 50.2 Å². The van der Waals surface area contributed by atoms with E-state index in [1.807, 2.05) is 0 Å². The van der Waals surface area contributed by atoms with Crippen LogP contribution in [0.25, 0.3) is 11.1 Å². The quantitative estimate of drug-likeness (QED) is 0.736. The van der Waals surface area contributed by atoms with Crippen LogP contribution in [-0.2, 0) is 16.0 Å². The number of sulfone groups is 1. The van der Waals surface area contributed by atoms with Crippen molar-refractivity contribution in [1.29, 1.82) is 0 Å². The smallest absolute Gasteiger partial charge is 0.365 e. The van der Waals surface area contributed by atoms with Gasteiger partial charge in [-0.15, -0.1) is 0 Å². The molecule has 1 aromatic carbocycles. The van der Waals surface area contributed by atoms with Crippen molar-refractivity contribution in [1.82, 2.24) is 4.98 Å². The molecule has 3 unspecified atom stereocenters. The Kier molecular flexibility index (Phi) is 5.60. The molecule has 4 rings (SSSR count). The third kappa shape index (κ3) is 4.03. The zero-order valence-corrected chi connectivity index (χ0v) is 18.3. The van der Waals surface area contributed by atoms with E-state index in [1.165, 1.54) is 24.5 Å². The number of rotatable bonds is 3. The average Bonchev–Trinajstić information content (AvgIpc) is 2.73. The molecular formula is C22H22F3N3O3S. The van der Waals surface area contributed by atoms with E-state index in [4.69, 9.17) is 0 Å². The summed E-state index contributed by atoms with van der Waals surface area (Å²) >= 11 is 0. The molecule has 3 heterocycles. The monoisotopic (exact) mass is 465 g/mol. The van der Waals surface area contributed by atoms with Crippen molar-refractivity contribution in [3.05, 3.63) is 47.2 Å². The average molecular weight is 465 g/mol. The number of aromatic nitrogens is 1. The van der Waals surface area contributed by atoms with Crippen LogP contribution in [0.4, 0.5) is 19.0 Å². The standard InChI is InChI=1S/C22H22F3N3O3S/c1-12-20(29)19-17(11-26-12)16(14-5-7-15(8-6-14)22(23,24)25)10-27-21(19)28-18-4-3-9-32(30,31)13(18)2/h5-8,10-13,18H,3-4,9H2,1-2H3,(H,27,28). The second kappa shape index (κ2) is 7.99. The van der Waals surface area contributed by atoms with E-state index in [0.29, 0.717) is 29.5 Å². The van der Waals surface area contributed by atoms with Gasteiger partial charge in [0, 0.05) is 29.6 Å². The Bertz CT molecular complexity index is 1190. The second-order valence-electron chi connectivity index (χ2n) is 8.17.